The Kier molecular flexibility index (Phi) is 6.48. The molecule has 0 aromatic carbocycles. The molecule has 1 N–H and O–H groups in total. The zero-order chi connectivity index (χ0) is 15.4. The lowest BCUT2D eigenvalue weighted by atomic mass is 9.77. The molecule has 4 heteroatoms. The van der Waals surface area contributed by atoms with Crippen LogP contribution in [-0.4, -0.2) is 85.3 Å². The summed E-state index contributed by atoms with van der Waals surface area (Å²) in [4.78, 5) is 7.38. The molecule has 0 aromatic heterocycles. The van der Waals surface area contributed by atoms with E-state index in [0.717, 1.165) is 51.0 Å². The van der Waals surface area contributed by atoms with Crippen molar-refractivity contribution >= 4 is 0 Å². The fraction of sp³-hybridized carbons (Fsp3) is 1.00. The molecule has 1 aliphatic carbocycles. The van der Waals surface area contributed by atoms with Gasteiger partial charge >= 0.3 is 0 Å². The molecule has 0 spiro atoms. The number of hydrogen-bond acceptors (Lipinski definition) is 4. The highest BCUT2D eigenvalue weighted by Gasteiger charge is 2.35. The second kappa shape index (κ2) is 7.91. The number of likely N-dealkylation sites (N-methyl/N-ethyl adjacent to an activating group) is 1. The minimum Gasteiger partial charge on any atom is -0.391 e. The number of rotatable bonds is 5. The van der Waals surface area contributed by atoms with E-state index in [2.05, 4.69) is 42.6 Å². The number of nitrogens with zero attached hydrogens (tertiary/aromatic N) is 3. The molecule has 124 valence electrons. The summed E-state index contributed by atoms with van der Waals surface area (Å²) in [7, 11) is 4.28. The van der Waals surface area contributed by atoms with Crippen molar-refractivity contribution in [3.05, 3.63) is 0 Å². The molecule has 0 aromatic rings. The van der Waals surface area contributed by atoms with Crippen LogP contribution in [0, 0.1) is 11.8 Å². The van der Waals surface area contributed by atoms with Crippen LogP contribution in [0.4, 0.5) is 0 Å². The van der Waals surface area contributed by atoms with Gasteiger partial charge in [-0.3, -0.25) is 9.80 Å². The summed E-state index contributed by atoms with van der Waals surface area (Å²) in [6, 6.07) is 0.405. The first kappa shape index (κ1) is 17.2. The summed E-state index contributed by atoms with van der Waals surface area (Å²) in [5.74, 6) is 1.55. The largest absolute Gasteiger partial charge is 0.391 e. The Morgan fingerprint density at radius 3 is 2.33 bits per heavy atom. The molecule has 0 amide bonds. The monoisotopic (exact) mass is 297 g/mol. The first-order valence-electron chi connectivity index (χ1n) is 8.76. The van der Waals surface area contributed by atoms with Gasteiger partial charge in [0.05, 0.1) is 6.10 Å². The molecule has 1 saturated heterocycles. The highest BCUT2D eigenvalue weighted by molar-refractivity contribution is 4.89. The van der Waals surface area contributed by atoms with Gasteiger partial charge in [-0.25, -0.2) is 0 Å². The maximum atomic E-state index is 10.4. The Hall–Kier alpha value is -0.160. The van der Waals surface area contributed by atoms with E-state index in [4.69, 9.17) is 0 Å². The van der Waals surface area contributed by atoms with Crippen molar-refractivity contribution < 1.29 is 5.11 Å². The van der Waals surface area contributed by atoms with Gasteiger partial charge in [0, 0.05) is 45.3 Å². The van der Waals surface area contributed by atoms with Crippen molar-refractivity contribution in [1.82, 2.24) is 14.7 Å². The van der Waals surface area contributed by atoms with E-state index in [-0.39, 0.29) is 6.10 Å². The van der Waals surface area contributed by atoms with Crippen LogP contribution in [0.5, 0.6) is 0 Å². The van der Waals surface area contributed by atoms with E-state index >= 15 is 0 Å². The molecule has 2 aliphatic rings. The predicted molar refractivity (Wildman–Crippen MR) is 88.5 cm³/mol. The summed E-state index contributed by atoms with van der Waals surface area (Å²) >= 11 is 0. The third-order valence-corrected chi connectivity index (χ3v) is 5.50. The molecule has 0 bridgehead atoms. The highest BCUT2D eigenvalue weighted by atomic mass is 16.3. The Labute approximate surface area is 131 Å². The van der Waals surface area contributed by atoms with Gasteiger partial charge in [-0.2, -0.15) is 0 Å². The molecule has 2 rings (SSSR count). The van der Waals surface area contributed by atoms with Crippen molar-refractivity contribution in [3.63, 3.8) is 0 Å². The molecular formula is C17H35N3O. The topological polar surface area (TPSA) is 30.0 Å². The molecule has 21 heavy (non-hydrogen) atoms. The van der Waals surface area contributed by atoms with Gasteiger partial charge in [-0.1, -0.05) is 13.8 Å². The highest BCUT2D eigenvalue weighted by Crippen LogP contribution is 2.33. The summed E-state index contributed by atoms with van der Waals surface area (Å²) in [6.07, 6.45) is 3.29. The number of aliphatic hydroxyl groups excluding tert-OH is 1. The quantitative estimate of drug-likeness (QED) is 0.830. The van der Waals surface area contributed by atoms with Crippen LogP contribution in [0.3, 0.4) is 0 Å². The molecule has 1 aliphatic heterocycles. The van der Waals surface area contributed by atoms with Crippen LogP contribution in [0.25, 0.3) is 0 Å². The lowest BCUT2D eigenvalue weighted by molar-refractivity contribution is -0.0234. The standard InChI is InChI=1S/C17H35N3O/c1-14(2)15-5-6-17(21)16(13-15)20-11-9-19(10-12-20)8-7-18(3)4/h14-17,21H,5-13H2,1-4H3. The van der Waals surface area contributed by atoms with Gasteiger partial charge in [-0.15, -0.1) is 0 Å². The molecular weight excluding hydrogens is 262 g/mol. The molecule has 1 heterocycles. The lowest BCUT2D eigenvalue weighted by Gasteiger charge is -2.45. The minimum absolute atomic E-state index is 0.103. The second-order valence-electron chi connectivity index (χ2n) is 7.63. The van der Waals surface area contributed by atoms with Crippen LogP contribution in [0.1, 0.15) is 33.1 Å². The fourth-order valence-corrected chi connectivity index (χ4v) is 3.82. The molecule has 1 saturated carbocycles. The Balaban J connectivity index is 1.80. The molecule has 3 unspecified atom stereocenters. The summed E-state index contributed by atoms with van der Waals surface area (Å²) < 4.78 is 0. The SMILES string of the molecule is CC(C)C1CCC(O)C(N2CCN(CCN(C)C)CC2)C1. The van der Waals surface area contributed by atoms with Crippen molar-refractivity contribution in [2.75, 3.05) is 53.4 Å². The lowest BCUT2D eigenvalue weighted by Crippen LogP contribution is -2.56. The molecule has 4 nitrogen and oxygen atoms in total. The van der Waals surface area contributed by atoms with E-state index in [1.54, 1.807) is 0 Å². The normalized spacial score (nSPS) is 33.0. The Morgan fingerprint density at radius 1 is 1.10 bits per heavy atom. The first-order valence-corrected chi connectivity index (χ1v) is 8.76. The van der Waals surface area contributed by atoms with E-state index in [1.807, 2.05) is 0 Å². The van der Waals surface area contributed by atoms with E-state index in [1.165, 1.54) is 19.4 Å². The summed E-state index contributed by atoms with van der Waals surface area (Å²) in [5, 5.41) is 10.4. The fourth-order valence-electron chi connectivity index (χ4n) is 3.82. The van der Waals surface area contributed by atoms with Crippen molar-refractivity contribution in [3.8, 4) is 0 Å². The van der Waals surface area contributed by atoms with Crippen LogP contribution in [0.2, 0.25) is 0 Å². The van der Waals surface area contributed by atoms with E-state index < -0.39 is 0 Å². The van der Waals surface area contributed by atoms with Crippen LogP contribution < -0.4 is 0 Å². The first-order chi connectivity index (χ1) is 9.97. The average Bonchev–Trinajstić information content (AvgIpc) is 2.46. The number of hydrogen-bond donors (Lipinski definition) is 1. The van der Waals surface area contributed by atoms with Gasteiger partial charge in [0.25, 0.3) is 0 Å². The third kappa shape index (κ3) is 4.92. The van der Waals surface area contributed by atoms with E-state index in [9.17, 15) is 5.11 Å². The Morgan fingerprint density at radius 2 is 1.76 bits per heavy atom. The zero-order valence-corrected chi connectivity index (χ0v) is 14.5. The van der Waals surface area contributed by atoms with Gasteiger partial charge in [0.2, 0.25) is 0 Å². The predicted octanol–water partition coefficient (Wildman–Crippen LogP) is 1.35. The molecule has 0 radical (unpaired) electrons. The maximum absolute atomic E-state index is 10.4. The Bertz CT molecular complexity index is 300. The van der Waals surface area contributed by atoms with Gasteiger partial charge < -0.3 is 10.0 Å². The minimum atomic E-state index is -0.103. The second-order valence-corrected chi connectivity index (χ2v) is 7.63. The van der Waals surface area contributed by atoms with Crippen LogP contribution >= 0.6 is 0 Å². The van der Waals surface area contributed by atoms with Crippen molar-refractivity contribution in [2.45, 2.75) is 45.3 Å². The van der Waals surface area contributed by atoms with Crippen molar-refractivity contribution in [2.24, 2.45) is 11.8 Å². The van der Waals surface area contributed by atoms with Gasteiger partial charge in [0.1, 0.15) is 0 Å². The maximum Gasteiger partial charge on any atom is 0.0695 e. The number of piperazine rings is 1. The zero-order valence-electron chi connectivity index (χ0n) is 14.5. The van der Waals surface area contributed by atoms with Gasteiger partial charge in [-0.05, 0) is 45.2 Å². The van der Waals surface area contributed by atoms with Crippen LogP contribution in [0.15, 0.2) is 0 Å². The average molecular weight is 297 g/mol. The van der Waals surface area contributed by atoms with Gasteiger partial charge in [0.15, 0.2) is 0 Å². The molecule has 3 atom stereocenters. The number of aliphatic hydroxyl groups is 1. The van der Waals surface area contributed by atoms with E-state index in [0.29, 0.717) is 6.04 Å². The van der Waals surface area contributed by atoms with Crippen molar-refractivity contribution in [1.29, 1.82) is 0 Å². The van der Waals surface area contributed by atoms with Crippen LogP contribution in [-0.2, 0) is 0 Å². The summed E-state index contributed by atoms with van der Waals surface area (Å²) in [5.41, 5.74) is 0. The smallest absolute Gasteiger partial charge is 0.0695 e. The molecule has 2 fully saturated rings. The third-order valence-electron chi connectivity index (χ3n) is 5.50. The summed E-state index contributed by atoms with van der Waals surface area (Å²) in [6.45, 7) is 11.5.